The monoisotopic (exact) mass is 387 g/mol. The van der Waals surface area contributed by atoms with E-state index in [1.54, 1.807) is 23.1 Å². The zero-order valence-electron chi connectivity index (χ0n) is 13.5. The number of amides is 1. The van der Waals surface area contributed by atoms with Crippen LogP contribution in [0, 0.1) is 0 Å². The summed E-state index contributed by atoms with van der Waals surface area (Å²) in [6, 6.07) is 5.07. The Morgan fingerprint density at radius 1 is 1.16 bits per heavy atom. The molecule has 1 aromatic rings. The molecule has 2 fully saturated rings. The summed E-state index contributed by atoms with van der Waals surface area (Å²) in [6.45, 7) is 1.06. The lowest BCUT2D eigenvalue weighted by molar-refractivity contribution is -0.155. The number of benzene rings is 1. The van der Waals surface area contributed by atoms with Crippen molar-refractivity contribution in [2.75, 3.05) is 13.1 Å². The van der Waals surface area contributed by atoms with E-state index in [2.05, 4.69) is 0 Å². The summed E-state index contributed by atoms with van der Waals surface area (Å²) in [5.74, 6) is -0.572. The molecule has 3 atom stereocenters. The van der Waals surface area contributed by atoms with E-state index in [1.807, 2.05) is 0 Å². The summed E-state index contributed by atoms with van der Waals surface area (Å²) in [5.41, 5.74) is 0. The second kappa shape index (κ2) is 7.81. The maximum absolute atomic E-state index is 12.6. The van der Waals surface area contributed by atoms with Crippen LogP contribution in [0.4, 0.5) is 0 Å². The van der Waals surface area contributed by atoms with Gasteiger partial charge in [-0.25, -0.2) is 4.79 Å². The van der Waals surface area contributed by atoms with Gasteiger partial charge in [0, 0.05) is 12.6 Å². The van der Waals surface area contributed by atoms with Gasteiger partial charge >= 0.3 is 5.97 Å². The molecule has 2 aliphatic heterocycles. The van der Waals surface area contributed by atoms with Gasteiger partial charge in [-0.15, -0.1) is 0 Å². The molecule has 0 aliphatic carbocycles. The van der Waals surface area contributed by atoms with Crippen LogP contribution in [0.15, 0.2) is 18.2 Å². The van der Waals surface area contributed by atoms with E-state index in [0.29, 0.717) is 41.7 Å². The van der Waals surface area contributed by atoms with Gasteiger partial charge in [-0.1, -0.05) is 23.2 Å². The van der Waals surface area contributed by atoms with Crippen LogP contribution in [-0.4, -0.2) is 53.3 Å². The first-order chi connectivity index (χ1) is 11.9. The predicted octanol–water partition coefficient (Wildman–Crippen LogP) is 3.00. The highest BCUT2D eigenvalue weighted by Gasteiger charge is 2.38. The molecular formula is C17H19Cl2NO5. The Kier molecular flexibility index (Phi) is 5.71. The van der Waals surface area contributed by atoms with Gasteiger partial charge in [-0.3, -0.25) is 4.79 Å². The van der Waals surface area contributed by atoms with Crippen molar-refractivity contribution in [2.45, 2.75) is 44.0 Å². The molecule has 8 heteroatoms. The minimum absolute atomic E-state index is 0.147. The number of carbonyl (C=O) groups excluding carboxylic acids is 1. The van der Waals surface area contributed by atoms with Gasteiger partial charge in [-0.05, 0) is 37.8 Å². The average molecular weight is 388 g/mol. The normalized spacial score (nSPS) is 26.5. The van der Waals surface area contributed by atoms with Crippen LogP contribution in [0.5, 0.6) is 5.75 Å². The van der Waals surface area contributed by atoms with E-state index in [1.165, 1.54) is 0 Å². The van der Waals surface area contributed by atoms with Crippen molar-refractivity contribution in [3.63, 3.8) is 0 Å². The lowest BCUT2D eigenvalue weighted by Crippen LogP contribution is -2.48. The van der Waals surface area contributed by atoms with Gasteiger partial charge < -0.3 is 19.5 Å². The summed E-state index contributed by atoms with van der Waals surface area (Å²) >= 11 is 11.9. The molecule has 2 aliphatic rings. The van der Waals surface area contributed by atoms with Crippen LogP contribution >= 0.6 is 23.2 Å². The van der Waals surface area contributed by atoms with Crippen molar-refractivity contribution in [3.05, 3.63) is 28.2 Å². The van der Waals surface area contributed by atoms with Crippen LogP contribution in [0.1, 0.15) is 25.7 Å². The fourth-order valence-corrected chi connectivity index (χ4v) is 3.47. The van der Waals surface area contributed by atoms with E-state index in [4.69, 9.17) is 37.8 Å². The highest BCUT2D eigenvalue weighted by molar-refractivity contribution is 6.42. The Labute approximate surface area is 155 Å². The van der Waals surface area contributed by atoms with Crippen molar-refractivity contribution in [1.82, 2.24) is 4.90 Å². The maximum atomic E-state index is 12.6. The van der Waals surface area contributed by atoms with Crippen LogP contribution in [0.25, 0.3) is 0 Å². The highest BCUT2D eigenvalue weighted by atomic mass is 35.5. The van der Waals surface area contributed by atoms with Crippen LogP contribution in [0.2, 0.25) is 10.0 Å². The quantitative estimate of drug-likeness (QED) is 0.858. The highest BCUT2D eigenvalue weighted by Crippen LogP contribution is 2.28. The summed E-state index contributed by atoms with van der Waals surface area (Å²) in [5, 5.41) is 9.86. The van der Waals surface area contributed by atoms with Crippen molar-refractivity contribution < 1.29 is 24.2 Å². The van der Waals surface area contributed by atoms with Crippen LogP contribution in [-0.2, 0) is 14.3 Å². The molecule has 136 valence electrons. The SMILES string of the molecule is O=C(O)[C@H]1CC[C@@H](C(=O)N2CCCC(Oc3ccc(Cl)c(Cl)c3)C2)O1. The number of carboxylic acids is 1. The molecule has 1 aromatic carbocycles. The number of hydrogen-bond acceptors (Lipinski definition) is 4. The predicted molar refractivity (Wildman–Crippen MR) is 92.2 cm³/mol. The number of ether oxygens (including phenoxy) is 2. The Morgan fingerprint density at radius 2 is 1.92 bits per heavy atom. The Balaban J connectivity index is 1.58. The number of carboxylic acid groups (broad SMARTS) is 1. The van der Waals surface area contributed by atoms with Crippen molar-refractivity contribution in [3.8, 4) is 5.75 Å². The molecule has 6 nitrogen and oxygen atoms in total. The third-order valence-electron chi connectivity index (χ3n) is 4.45. The number of piperidine rings is 1. The molecule has 3 rings (SSSR count). The number of rotatable bonds is 4. The molecule has 1 N–H and O–H groups in total. The van der Waals surface area contributed by atoms with E-state index in [0.717, 1.165) is 12.8 Å². The van der Waals surface area contributed by atoms with E-state index >= 15 is 0 Å². The molecule has 2 heterocycles. The molecule has 2 saturated heterocycles. The van der Waals surface area contributed by atoms with E-state index in [9.17, 15) is 9.59 Å². The number of hydrogen-bond donors (Lipinski definition) is 1. The minimum atomic E-state index is -1.02. The third kappa shape index (κ3) is 4.37. The number of carbonyl (C=O) groups is 2. The number of halogens is 2. The third-order valence-corrected chi connectivity index (χ3v) is 5.19. The van der Waals surface area contributed by atoms with Gasteiger partial charge in [0.05, 0.1) is 16.6 Å². The van der Waals surface area contributed by atoms with E-state index < -0.39 is 18.2 Å². The molecule has 0 aromatic heterocycles. The molecule has 25 heavy (non-hydrogen) atoms. The second-order valence-electron chi connectivity index (χ2n) is 6.27. The van der Waals surface area contributed by atoms with Gasteiger partial charge in [0.1, 0.15) is 18.0 Å². The molecule has 0 radical (unpaired) electrons. The van der Waals surface area contributed by atoms with Crippen LogP contribution < -0.4 is 4.74 Å². The Hall–Kier alpha value is -1.50. The summed E-state index contributed by atoms with van der Waals surface area (Å²) in [6.07, 6.45) is 0.728. The lowest BCUT2D eigenvalue weighted by atomic mass is 10.1. The second-order valence-corrected chi connectivity index (χ2v) is 7.09. The summed E-state index contributed by atoms with van der Waals surface area (Å²) < 4.78 is 11.3. The van der Waals surface area contributed by atoms with Gasteiger partial charge in [0.15, 0.2) is 6.10 Å². The smallest absolute Gasteiger partial charge is 0.332 e. The van der Waals surface area contributed by atoms with Gasteiger partial charge in [0.2, 0.25) is 0 Å². The zero-order valence-corrected chi connectivity index (χ0v) is 15.0. The molecular weight excluding hydrogens is 369 g/mol. The zero-order chi connectivity index (χ0) is 18.0. The fourth-order valence-electron chi connectivity index (χ4n) is 3.18. The molecule has 1 amide bonds. The standard InChI is InChI=1S/C17H19Cl2NO5/c18-12-4-3-10(8-13(12)19)24-11-2-1-7-20(9-11)16(21)14-5-6-15(25-14)17(22)23/h3-4,8,11,14-15H,1-2,5-7,9H2,(H,22,23)/t11?,14-,15+/m0/s1. The molecule has 0 spiro atoms. The summed E-state index contributed by atoms with van der Waals surface area (Å²) in [4.78, 5) is 25.2. The van der Waals surface area contributed by atoms with Crippen molar-refractivity contribution >= 4 is 35.1 Å². The Bertz CT molecular complexity index is 668. The Morgan fingerprint density at radius 3 is 2.60 bits per heavy atom. The first-order valence-electron chi connectivity index (χ1n) is 8.23. The van der Waals surface area contributed by atoms with Crippen molar-refractivity contribution in [1.29, 1.82) is 0 Å². The molecule has 0 bridgehead atoms. The van der Waals surface area contributed by atoms with Gasteiger partial charge in [0.25, 0.3) is 5.91 Å². The maximum Gasteiger partial charge on any atom is 0.332 e. The van der Waals surface area contributed by atoms with Crippen molar-refractivity contribution in [2.24, 2.45) is 0 Å². The number of nitrogens with zero attached hydrogens (tertiary/aromatic N) is 1. The summed E-state index contributed by atoms with van der Waals surface area (Å²) in [7, 11) is 0. The van der Waals surface area contributed by atoms with Crippen LogP contribution in [0.3, 0.4) is 0 Å². The van der Waals surface area contributed by atoms with Gasteiger partial charge in [-0.2, -0.15) is 0 Å². The lowest BCUT2D eigenvalue weighted by Gasteiger charge is -2.34. The average Bonchev–Trinajstić information content (AvgIpc) is 3.08. The first-order valence-corrected chi connectivity index (χ1v) is 8.98. The molecule has 1 unspecified atom stereocenters. The number of likely N-dealkylation sites (tertiary alicyclic amines) is 1. The minimum Gasteiger partial charge on any atom is -0.489 e. The fraction of sp³-hybridized carbons (Fsp3) is 0.529. The largest absolute Gasteiger partial charge is 0.489 e. The van der Waals surface area contributed by atoms with E-state index in [-0.39, 0.29) is 12.0 Å². The molecule has 0 saturated carbocycles. The first kappa shape index (κ1) is 18.3. The topological polar surface area (TPSA) is 76.1 Å². The number of aliphatic carboxylic acids is 1.